The maximum Gasteiger partial charge on any atom is 0.316 e. The zero-order valence-corrected chi connectivity index (χ0v) is 9.98. The Morgan fingerprint density at radius 3 is 2.65 bits per heavy atom. The Hall–Kier alpha value is -1.65. The summed E-state index contributed by atoms with van der Waals surface area (Å²) in [7, 11) is 1.51. The second-order valence-corrected chi connectivity index (χ2v) is 4.36. The lowest BCUT2D eigenvalue weighted by Gasteiger charge is -2.09. The van der Waals surface area contributed by atoms with Gasteiger partial charge in [-0.2, -0.15) is 0 Å². The van der Waals surface area contributed by atoms with Crippen LogP contribution in [0.4, 0.5) is 5.69 Å². The highest BCUT2D eigenvalue weighted by Crippen LogP contribution is 2.27. The van der Waals surface area contributed by atoms with Gasteiger partial charge in [-0.3, -0.25) is 4.79 Å². The minimum absolute atomic E-state index is 0.0469. The number of rotatable bonds is 4. The molecule has 1 aromatic heterocycles. The van der Waals surface area contributed by atoms with Gasteiger partial charge in [0.15, 0.2) is 0 Å². The number of carbonyl (C=O) groups is 1. The average molecular weight is 235 g/mol. The topological polar surface area (TPSA) is 64.1 Å². The van der Waals surface area contributed by atoms with Crippen molar-refractivity contribution in [1.82, 2.24) is 9.97 Å². The van der Waals surface area contributed by atoms with Gasteiger partial charge in [0, 0.05) is 6.42 Å². The first-order valence-corrected chi connectivity index (χ1v) is 5.94. The summed E-state index contributed by atoms with van der Waals surface area (Å²) in [5.41, 5.74) is 0.619. The zero-order chi connectivity index (χ0) is 12.1. The number of carbonyl (C=O) groups excluding carboxylic acids is 1. The van der Waals surface area contributed by atoms with Crippen molar-refractivity contribution in [3.05, 3.63) is 12.4 Å². The lowest BCUT2D eigenvalue weighted by atomic mass is 10.0. The van der Waals surface area contributed by atoms with Gasteiger partial charge in [0.1, 0.15) is 0 Å². The van der Waals surface area contributed by atoms with Crippen LogP contribution in [0.15, 0.2) is 12.4 Å². The molecule has 1 N–H and O–H groups in total. The summed E-state index contributed by atoms with van der Waals surface area (Å²) in [6.07, 6.45) is 8.56. The summed E-state index contributed by atoms with van der Waals surface area (Å²) < 4.78 is 4.85. The van der Waals surface area contributed by atoms with Gasteiger partial charge >= 0.3 is 6.01 Å². The third kappa shape index (κ3) is 3.41. The Morgan fingerprint density at radius 2 is 2.06 bits per heavy atom. The molecule has 1 aromatic rings. The summed E-state index contributed by atoms with van der Waals surface area (Å²) >= 11 is 0. The molecule has 5 heteroatoms. The molecule has 0 bridgehead atoms. The van der Waals surface area contributed by atoms with E-state index < -0.39 is 0 Å². The van der Waals surface area contributed by atoms with Crippen molar-refractivity contribution >= 4 is 11.6 Å². The first-order valence-electron chi connectivity index (χ1n) is 5.94. The van der Waals surface area contributed by atoms with E-state index >= 15 is 0 Å². The molecule has 0 aromatic carbocycles. The number of aromatic nitrogens is 2. The van der Waals surface area contributed by atoms with Crippen LogP contribution in [0.3, 0.4) is 0 Å². The van der Waals surface area contributed by atoms with Crippen LogP contribution in [0, 0.1) is 5.92 Å². The molecule has 0 spiro atoms. The molecule has 0 radical (unpaired) electrons. The number of nitrogens with one attached hydrogen (secondary N) is 1. The molecule has 1 saturated carbocycles. The lowest BCUT2D eigenvalue weighted by molar-refractivity contribution is -0.117. The van der Waals surface area contributed by atoms with Crippen LogP contribution in [-0.4, -0.2) is 23.0 Å². The van der Waals surface area contributed by atoms with Gasteiger partial charge < -0.3 is 10.1 Å². The van der Waals surface area contributed by atoms with Gasteiger partial charge in [0.25, 0.3) is 0 Å². The van der Waals surface area contributed by atoms with E-state index in [-0.39, 0.29) is 5.91 Å². The lowest BCUT2D eigenvalue weighted by Crippen LogP contribution is -2.15. The molecular weight excluding hydrogens is 218 g/mol. The van der Waals surface area contributed by atoms with Crippen molar-refractivity contribution in [3.63, 3.8) is 0 Å². The van der Waals surface area contributed by atoms with Crippen molar-refractivity contribution in [3.8, 4) is 6.01 Å². The molecular formula is C12H17N3O2. The third-order valence-electron chi connectivity index (χ3n) is 3.04. The van der Waals surface area contributed by atoms with Gasteiger partial charge in [-0.1, -0.05) is 12.8 Å². The standard InChI is InChI=1S/C12H17N3O2/c1-17-12-13-7-10(8-14-12)15-11(16)6-9-4-2-3-5-9/h7-9H,2-6H2,1H3,(H,15,16). The molecule has 1 aliphatic rings. The van der Waals surface area contributed by atoms with Crippen LogP contribution < -0.4 is 10.1 Å². The van der Waals surface area contributed by atoms with E-state index in [1.807, 2.05) is 0 Å². The molecule has 17 heavy (non-hydrogen) atoms. The first-order chi connectivity index (χ1) is 8.28. The average Bonchev–Trinajstić information content (AvgIpc) is 2.82. The SMILES string of the molecule is COc1ncc(NC(=O)CC2CCCC2)cn1. The minimum atomic E-state index is 0.0469. The number of methoxy groups -OCH3 is 1. The number of ether oxygens (including phenoxy) is 1. The number of amides is 1. The smallest absolute Gasteiger partial charge is 0.316 e. The van der Waals surface area contributed by atoms with Gasteiger partial charge in [0.2, 0.25) is 5.91 Å². The highest BCUT2D eigenvalue weighted by Gasteiger charge is 2.18. The monoisotopic (exact) mass is 235 g/mol. The van der Waals surface area contributed by atoms with Crippen LogP contribution in [0.5, 0.6) is 6.01 Å². The highest BCUT2D eigenvalue weighted by atomic mass is 16.5. The van der Waals surface area contributed by atoms with E-state index in [0.29, 0.717) is 24.0 Å². The Morgan fingerprint density at radius 1 is 1.41 bits per heavy atom. The van der Waals surface area contributed by atoms with E-state index in [4.69, 9.17) is 4.74 Å². The summed E-state index contributed by atoms with van der Waals surface area (Å²) in [5, 5.41) is 2.80. The quantitative estimate of drug-likeness (QED) is 0.867. The first kappa shape index (κ1) is 11.8. The van der Waals surface area contributed by atoms with Crippen molar-refractivity contribution in [2.75, 3.05) is 12.4 Å². The van der Waals surface area contributed by atoms with Crippen molar-refractivity contribution in [2.24, 2.45) is 5.92 Å². The second-order valence-electron chi connectivity index (χ2n) is 4.36. The molecule has 1 amide bonds. The molecule has 92 valence electrons. The predicted octanol–water partition coefficient (Wildman–Crippen LogP) is 2.00. The fraction of sp³-hybridized carbons (Fsp3) is 0.583. The normalized spacial score (nSPS) is 15.8. The van der Waals surface area contributed by atoms with E-state index in [2.05, 4.69) is 15.3 Å². The van der Waals surface area contributed by atoms with Gasteiger partial charge in [0.05, 0.1) is 25.2 Å². The maximum absolute atomic E-state index is 11.7. The highest BCUT2D eigenvalue weighted by molar-refractivity contribution is 5.90. The molecule has 5 nitrogen and oxygen atoms in total. The van der Waals surface area contributed by atoms with Gasteiger partial charge in [-0.25, -0.2) is 9.97 Å². The molecule has 0 aliphatic heterocycles. The molecule has 0 atom stereocenters. The van der Waals surface area contributed by atoms with E-state index in [0.717, 1.165) is 0 Å². The Balaban J connectivity index is 1.84. The van der Waals surface area contributed by atoms with Gasteiger partial charge in [-0.05, 0) is 18.8 Å². The second kappa shape index (κ2) is 5.61. The molecule has 1 heterocycles. The third-order valence-corrected chi connectivity index (χ3v) is 3.04. The predicted molar refractivity (Wildman–Crippen MR) is 63.8 cm³/mol. The van der Waals surface area contributed by atoms with Crippen LogP contribution in [0.1, 0.15) is 32.1 Å². The Bertz CT molecular complexity index is 372. The molecule has 1 fully saturated rings. The fourth-order valence-corrected chi connectivity index (χ4v) is 2.17. The van der Waals surface area contributed by atoms with Crippen molar-refractivity contribution < 1.29 is 9.53 Å². The molecule has 1 aliphatic carbocycles. The van der Waals surface area contributed by atoms with Crippen LogP contribution >= 0.6 is 0 Å². The van der Waals surface area contributed by atoms with E-state index in [9.17, 15) is 4.79 Å². The Kier molecular flexibility index (Phi) is 3.90. The number of hydrogen-bond acceptors (Lipinski definition) is 4. The summed E-state index contributed by atoms with van der Waals surface area (Å²) in [4.78, 5) is 19.6. The van der Waals surface area contributed by atoms with Crippen molar-refractivity contribution in [1.29, 1.82) is 0 Å². The zero-order valence-electron chi connectivity index (χ0n) is 9.98. The molecule has 0 saturated heterocycles. The fourth-order valence-electron chi connectivity index (χ4n) is 2.17. The largest absolute Gasteiger partial charge is 0.467 e. The summed E-state index contributed by atoms with van der Waals surface area (Å²) in [6, 6.07) is 0.304. The molecule has 2 rings (SSSR count). The summed E-state index contributed by atoms with van der Waals surface area (Å²) in [6.45, 7) is 0. The maximum atomic E-state index is 11.7. The number of hydrogen-bond donors (Lipinski definition) is 1. The van der Waals surface area contributed by atoms with Crippen LogP contribution in [-0.2, 0) is 4.79 Å². The van der Waals surface area contributed by atoms with Crippen LogP contribution in [0.2, 0.25) is 0 Å². The van der Waals surface area contributed by atoms with Crippen LogP contribution in [0.25, 0.3) is 0 Å². The van der Waals surface area contributed by atoms with Crippen molar-refractivity contribution in [2.45, 2.75) is 32.1 Å². The number of nitrogens with zero attached hydrogens (tertiary/aromatic N) is 2. The summed E-state index contributed by atoms with van der Waals surface area (Å²) in [5.74, 6) is 0.597. The molecule has 0 unspecified atom stereocenters. The van der Waals surface area contributed by atoms with E-state index in [1.165, 1.54) is 32.8 Å². The number of anilines is 1. The van der Waals surface area contributed by atoms with E-state index in [1.54, 1.807) is 12.4 Å². The minimum Gasteiger partial charge on any atom is -0.467 e. The Labute approximate surface area is 101 Å². The van der Waals surface area contributed by atoms with Gasteiger partial charge in [-0.15, -0.1) is 0 Å².